The van der Waals surface area contributed by atoms with Crippen molar-refractivity contribution >= 4 is 112 Å². The second-order valence-corrected chi connectivity index (χ2v) is 36.1. The Hall–Kier alpha value is -11.8. The maximum absolute atomic E-state index is 12.2. The van der Waals surface area contributed by atoms with E-state index in [2.05, 4.69) is 141 Å². The van der Waals surface area contributed by atoms with Crippen LogP contribution in [0.5, 0.6) is 0 Å². The predicted molar refractivity (Wildman–Crippen MR) is 501 cm³/mol. The Morgan fingerprint density at radius 2 is 0.915 bits per heavy atom. The van der Waals surface area contributed by atoms with Gasteiger partial charge in [0.1, 0.15) is 16.6 Å². The minimum Gasteiger partial charge on any atom is -0.481 e. The molecule has 0 aliphatic heterocycles. The van der Waals surface area contributed by atoms with Crippen molar-refractivity contribution in [2.24, 2.45) is 52.3 Å². The van der Waals surface area contributed by atoms with Crippen molar-refractivity contribution in [2.45, 2.75) is 213 Å². The Kier molecular flexibility index (Phi) is 39.8. The van der Waals surface area contributed by atoms with Crippen molar-refractivity contribution in [1.82, 2.24) is 65.6 Å². The van der Waals surface area contributed by atoms with Crippen LogP contribution in [0.15, 0.2) is 198 Å². The van der Waals surface area contributed by atoms with E-state index < -0.39 is 29.5 Å². The highest BCUT2D eigenvalue weighted by atomic mass is 79.9. The summed E-state index contributed by atoms with van der Waals surface area (Å²) >= 11 is 10.2. The molecule has 0 spiro atoms. The number of oxazole rings is 2. The highest BCUT2D eigenvalue weighted by Crippen LogP contribution is 2.41. The number of carbonyl (C=O) groups excluding carboxylic acids is 3. The molecule has 34 heteroatoms. The largest absolute Gasteiger partial charge is 0.481 e. The molecule has 6 fully saturated rings. The Labute approximate surface area is 775 Å². The number of carbonyl (C=O) groups is 7. The summed E-state index contributed by atoms with van der Waals surface area (Å²) in [5, 5.41) is 69.2. The van der Waals surface area contributed by atoms with Gasteiger partial charge in [0.25, 0.3) is 0 Å². The molecule has 17 rings (SSSR count). The topological polar surface area (TPSA) is 453 Å². The summed E-state index contributed by atoms with van der Waals surface area (Å²) in [6.45, 7) is 15.0. The maximum atomic E-state index is 12.2. The van der Waals surface area contributed by atoms with E-state index in [-0.39, 0.29) is 89.4 Å². The van der Waals surface area contributed by atoms with Gasteiger partial charge >= 0.3 is 29.8 Å². The Morgan fingerprint density at radius 1 is 0.519 bits per heavy atom. The van der Waals surface area contributed by atoms with Crippen molar-refractivity contribution in [3.63, 3.8) is 0 Å². The van der Waals surface area contributed by atoms with E-state index in [1.165, 1.54) is 12.8 Å². The molecule has 31 nitrogen and oxygen atoms in total. The number of aromatic nitrogens is 11. The molecule has 6 saturated carbocycles. The van der Waals surface area contributed by atoms with Gasteiger partial charge in [-0.3, -0.25) is 33.6 Å². The summed E-state index contributed by atoms with van der Waals surface area (Å²) in [7, 11) is 0. The van der Waals surface area contributed by atoms with Gasteiger partial charge in [-0.15, -0.1) is 21.7 Å². The van der Waals surface area contributed by atoms with Gasteiger partial charge in [0.15, 0.2) is 17.6 Å². The first-order valence-electron chi connectivity index (χ1n) is 43.7. The van der Waals surface area contributed by atoms with E-state index >= 15 is 0 Å². The maximum Gasteiger partial charge on any atom is 0.306 e. The summed E-state index contributed by atoms with van der Waals surface area (Å²) in [5.41, 5.74) is 24.4. The number of fused-ring (bicyclic) bond motifs is 2. The molecule has 2 amide bonds. The zero-order valence-electron chi connectivity index (χ0n) is 73.6. The van der Waals surface area contributed by atoms with Gasteiger partial charge in [0, 0.05) is 89.6 Å². The number of nitrogens with two attached hydrogens (primary N) is 1. The van der Waals surface area contributed by atoms with Gasteiger partial charge in [-0.2, -0.15) is 0 Å². The van der Waals surface area contributed by atoms with Crippen LogP contribution in [-0.2, 0) is 38.3 Å². The number of halogens is 3. The zero-order valence-corrected chi connectivity index (χ0v) is 78.3. The van der Waals surface area contributed by atoms with Gasteiger partial charge in [-0.1, -0.05) is 155 Å². The lowest BCUT2D eigenvalue weighted by Crippen LogP contribution is -2.29. The monoisotopic (exact) mass is 1950 g/mol. The third kappa shape index (κ3) is 31.3. The van der Waals surface area contributed by atoms with Crippen molar-refractivity contribution < 1.29 is 67.6 Å². The number of hydrogen-bond acceptors (Lipinski definition) is 20. The molecule has 12 atom stereocenters. The molecule has 8 N–H and O–H groups in total. The standard InChI is InChI=1S/C23H23N5O2.C16H19BrN4O.C14H14BrN3O2.C12H20O4.C8H5Br.C7H5NO.C6H9N3O2.C6H11NO2.C3H8/c1-2-24-22(29)17-11-12-18(13-17)28-20(14-25-27-28)15-7-9-16(10-8-15)23-26-19-5-3-4-6-21(19)30-23;1-2-18-16(22)12-5-8-14(9-12)21-15(10-19-20-21)11-3-6-13(17)7-4-11;15-11-4-1-9(2-5-11)13-8-16-17-18(13)12-6-3-10(7-12)14(19)20;1-12(2,3)16-10(13)7-8-4-5-9(6-8)11(14)15;1-2-7-3-5-8(9)6-4-7;1-2-4-7-6(3-1)8-5-9-7;7-9-8-5-2-1-4(3-5)6(10)11;7-5-2-1-4(3-5)6(8)9;1-3-2/h3-10,14,17-18H,2,11-13H2,1H3,(H,24,29);3-4,6-7,10,12,14H,2,5,8-9H2,1H3,(H,18,22);1-2,4-5,8,10,12H,3,6-7H2,(H,19,20);8-9H,4-7H2,1-3H3,(H,14,15);1,3-6H;1-5H;4-5H,1-3H2,(H,10,11);4-5H,1-3,7H2,(H,8,9);3H2,1-2H3/t17-,18+;12-,14+;10-,12+;8-,9+;;;2*4-,5+;/m0001..00./s1. The molecular formula is C95H114Br3N17O14. The zero-order chi connectivity index (χ0) is 93.1. The van der Waals surface area contributed by atoms with Crippen LogP contribution < -0.4 is 16.4 Å². The Morgan fingerprint density at radius 3 is 1.32 bits per heavy atom. The number of azide groups is 1. The van der Waals surface area contributed by atoms with Crippen LogP contribution in [0.3, 0.4) is 0 Å². The van der Waals surface area contributed by atoms with Crippen molar-refractivity contribution in [1.29, 1.82) is 0 Å². The first-order valence-corrected chi connectivity index (χ1v) is 46.0. The summed E-state index contributed by atoms with van der Waals surface area (Å²) in [4.78, 5) is 89.4. The number of carboxylic acids is 4. The number of carboxylic acid groups (broad SMARTS) is 4. The van der Waals surface area contributed by atoms with Gasteiger partial charge in [-0.05, 0) is 247 Å². The van der Waals surface area contributed by atoms with E-state index in [1.54, 1.807) is 18.6 Å². The molecule has 0 saturated heterocycles. The number of ether oxygens (including phenoxy) is 1. The van der Waals surface area contributed by atoms with E-state index in [0.717, 1.165) is 145 Å². The molecule has 0 bridgehead atoms. The Balaban J connectivity index is 0.000000172. The fraction of sp³-hybridized carbons (Fsp3) is 0.442. The fourth-order valence-electron chi connectivity index (χ4n) is 16.1. The molecule has 11 aromatic rings. The number of rotatable bonds is 18. The predicted octanol–water partition coefficient (Wildman–Crippen LogP) is 20.2. The lowest BCUT2D eigenvalue weighted by atomic mass is 10.0. The van der Waals surface area contributed by atoms with E-state index in [4.69, 9.17) is 51.7 Å². The number of esters is 1. The highest BCUT2D eigenvalue weighted by Gasteiger charge is 2.37. The first kappa shape index (κ1) is 101. The average Bonchev–Trinajstić information content (AvgIpc) is 1.66. The quantitative estimate of drug-likeness (QED) is 0.0138. The minimum absolute atomic E-state index is 0.0496. The number of hydrogen-bond donors (Lipinski definition) is 7. The summed E-state index contributed by atoms with van der Waals surface area (Å²) in [6.07, 6.45) is 27.2. The van der Waals surface area contributed by atoms with Crippen molar-refractivity contribution in [2.75, 3.05) is 13.1 Å². The van der Waals surface area contributed by atoms with Crippen molar-refractivity contribution in [3.05, 3.63) is 200 Å². The first-order chi connectivity index (χ1) is 62.0. The summed E-state index contributed by atoms with van der Waals surface area (Å²) in [5.74, 6) is -0.381. The number of nitrogens with one attached hydrogen (secondary N) is 2. The number of para-hydroxylation sites is 4. The second-order valence-electron chi connectivity index (χ2n) is 33.4. The van der Waals surface area contributed by atoms with E-state index in [9.17, 15) is 33.6 Å². The summed E-state index contributed by atoms with van der Waals surface area (Å²) < 4.78 is 25.0. The smallest absolute Gasteiger partial charge is 0.306 e. The molecule has 6 aromatic carbocycles. The van der Waals surface area contributed by atoms with Crippen molar-refractivity contribution in [3.8, 4) is 57.6 Å². The molecule has 6 aliphatic rings. The van der Waals surface area contributed by atoms with Crippen LogP contribution in [0.4, 0.5) is 0 Å². The molecule has 5 aromatic heterocycles. The molecule has 5 heterocycles. The van der Waals surface area contributed by atoms with Gasteiger partial charge in [0.05, 0.1) is 77.5 Å². The molecule has 0 unspecified atom stereocenters. The van der Waals surface area contributed by atoms with Gasteiger partial charge < -0.3 is 50.4 Å². The van der Waals surface area contributed by atoms with Gasteiger partial charge in [-0.25, -0.2) is 24.0 Å². The second kappa shape index (κ2) is 50.8. The van der Waals surface area contributed by atoms with Crippen LogP contribution >= 0.6 is 47.8 Å². The SMILES string of the molecule is C#Cc1ccc(Br)cc1.CC(C)(C)OC(=O)C[C@@H]1CC[C@H](C(=O)O)C1.CCC.CCNC(=O)[C@H]1CC[C@@H](n2nncc2-c2ccc(-c3nc4ccccc4o3)cc2)C1.CCNC(=O)[C@H]1CC[C@@H](n2nncc2-c2ccc(Br)cc2)C1.N[C@@H]1CC[C@H](C(=O)O)C1.O=C(O)[C@H]1CC[C@@H](n2nncc2-c2ccc(Br)cc2)C1.[N-]=[N+]=N[C@@H]1CC[C@H](C(=O)O)C1.c1ccc2ocnc2c1. The number of nitrogens with zero attached hydrogens (tertiary/aromatic N) is 14. The van der Waals surface area contributed by atoms with Crippen LogP contribution in [0, 0.1) is 53.8 Å². The molecule has 6 aliphatic carbocycles. The molecule has 129 heavy (non-hydrogen) atoms. The molecular weight excluding hydrogens is 1840 g/mol. The minimum atomic E-state index is -0.777. The van der Waals surface area contributed by atoms with Crippen LogP contribution in [-0.4, -0.2) is 148 Å². The number of benzene rings is 6. The summed E-state index contributed by atoms with van der Waals surface area (Å²) in [6, 6.07) is 47.8. The van der Waals surface area contributed by atoms with Gasteiger partial charge in [0.2, 0.25) is 17.7 Å². The van der Waals surface area contributed by atoms with Crippen LogP contribution in [0.25, 0.3) is 77.9 Å². The van der Waals surface area contributed by atoms with Crippen LogP contribution in [0.2, 0.25) is 0 Å². The van der Waals surface area contributed by atoms with Crippen LogP contribution in [0.1, 0.15) is 201 Å². The normalized spacial score (nSPS) is 20.9. The van der Waals surface area contributed by atoms with E-state index in [1.807, 2.05) is 182 Å². The third-order valence-corrected chi connectivity index (χ3v) is 24.2. The third-order valence-electron chi connectivity index (χ3n) is 22.6. The van der Waals surface area contributed by atoms with E-state index in [0.29, 0.717) is 76.8 Å². The average molecular weight is 1960 g/mol. The Bertz CT molecular complexity index is 5440. The molecule has 684 valence electrons. The number of terminal acetylenes is 1. The molecule has 0 radical (unpaired) electrons. The fourth-order valence-corrected chi connectivity index (χ4v) is 16.9. The lowest BCUT2D eigenvalue weighted by Gasteiger charge is -2.20. The number of amides is 2. The number of aliphatic carboxylic acids is 4. The lowest BCUT2D eigenvalue weighted by molar-refractivity contribution is -0.156. The highest BCUT2D eigenvalue weighted by molar-refractivity contribution is 9.11.